The number of carbonyl (C=O) groups is 2. The second kappa shape index (κ2) is 10.5. The summed E-state index contributed by atoms with van der Waals surface area (Å²) in [6.45, 7) is 13.4. The minimum absolute atomic E-state index is 0.0713. The lowest BCUT2D eigenvalue weighted by Gasteiger charge is -2.48. The summed E-state index contributed by atoms with van der Waals surface area (Å²) in [6.07, 6.45) is 1.41. The van der Waals surface area contributed by atoms with Crippen LogP contribution >= 0.6 is 0 Å². The van der Waals surface area contributed by atoms with Crippen molar-refractivity contribution in [1.82, 2.24) is 4.90 Å². The molecule has 3 aromatic carbocycles. The Morgan fingerprint density at radius 1 is 0.837 bits per heavy atom. The molecular formula is C37H42N2O4. The van der Waals surface area contributed by atoms with E-state index in [1.807, 2.05) is 102 Å². The molecule has 0 radical (unpaired) electrons. The van der Waals surface area contributed by atoms with Gasteiger partial charge in [-0.15, -0.1) is 0 Å². The molecule has 0 bridgehead atoms. The Kier molecular flexibility index (Phi) is 7.14. The van der Waals surface area contributed by atoms with E-state index in [1.54, 1.807) is 0 Å². The Morgan fingerprint density at radius 3 is 2.07 bits per heavy atom. The molecule has 6 heteroatoms. The molecule has 3 aliphatic heterocycles. The molecule has 2 atom stereocenters. The van der Waals surface area contributed by atoms with Gasteiger partial charge in [-0.05, 0) is 49.8 Å². The molecule has 224 valence electrons. The van der Waals surface area contributed by atoms with Gasteiger partial charge in [0.15, 0.2) is 5.60 Å². The van der Waals surface area contributed by atoms with Crippen molar-refractivity contribution in [2.45, 2.75) is 84.4 Å². The zero-order valence-electron chi connectivity index (χ0n) is 26.1. The molecule has 1 saturated heterocycles. The molecule has 3 aromatic rings. The van der Waals surface area contributed by atoms with Gasteiger partial charge in [0.2, 0.25) is 0 Å². The van der Waals surface area contributed by atoms with Crippen molar-refractivity contribution in [1.29, 1.82) is 0 Å². The lowest BCUT2D eigenvalue weighted by Crippen LogP contribution is -2.61. The highest BCUT2D eigenvalue weighted by atomic mass is 16.7. The van der Waals surface area contributed by atoms with Crippen LogP contribution in [0.2, 0.25) is 0 Å². The summed E-state index contributed by atoms with van der Waals surface area (Å²) in [5, 5.41) is 0. The van der Waals surface area contributed by atoms with Crippen molar-refractivity contribution in [3.63, 3.8) is 0 Å². The van der Waals surface area contributed by atoms with E-state index in [0.29, 0.717) is 31.6 Å². The highest BCUT2D eigenvalue weighted by Crippen LogP contribution is 2.61. The summed E-state index contributed by atoms with van der Waals surface area (Å²) in [4.78, 5) is 32.9. The van der Waals surface area contributed by atoms with Crippen molar-refractivity contribution in [3.05, 3.63) is 113 Å². The quantitative estimate of drug-likeness (QED) is 0.285. The number of hydrogen-bond donors (Lipinski definition) is 0. The van der Waals surface area contributed by atoms with Crippen LogP contribution in [0.3, 0.4) is 0 Å². The maximum Gasteiger partial charge on any atom is 0.281 e. The van der Waals surface area contributed by atoms with Crippen LogP contribution in [-0.4, -0.2) is 34.8 Å². The van der Waals surface area contributed by atoms with E-state index in [9.17, 15) is 9.59 Å². The number of benzene rings is 3. The SMILES string of the molecule is CCO[C@@]12O[C@]3(CC1=C(Cc1ccccc1)C(=O)N2C(C)(C)CC(C)(C)C)C(=O)N(Cc1ccccc1)c1ccccc13. The van der Waals surface area contributed by atoms with Crippen molar-refractivity contribution in [2.24, 2.45) is 5.41 Å². The number of para-hydroxylation sites is 1. The molecule has 6 rings (SSSR count). The first-order valence-corrected chi connectivity index (χ1v) is 15.3. The minimum atomic E-state index is -1.49. The van der Waals surface area contributed by atoms with Crippen LogP contribution in [0, 0.1) is 5.41 Å². The fraction of sp³-hybridized carbons (Fsp3) is 0.405. The lowest BCUT2D eigenvalue weighted by molar-refractivity contribution is -0.308. The van der Waals surface area contributed by atoms with E-state index >= 15 is 0 Å². The predicted molar refractivity (Wildman–Crippen MR) is 168 cm³/mol. The first-order valence-electron chi connectivity index (χ1n) is 15.3. The molecule has 0 N–H and O–H groups in total. The molecule has 43 heavy (non-hydrogen) atoms. The average Bonchev–Trinajstić information content (AvgIpc) is 3.48. The number of ether oxygens (including phenoxy) is 2. The molecule has 0 saturated carbocycles. The molecule has 1 spiro atoms. The van der Waals surface area contributed by atoms with E-state index in [4.69, 9.17) is 9.47 Å². The Labute approximate surface area is 255 Å². The van der Waals surface area contributed by atoms with Gasteiger partial charge in [0.05, 0.1) is 12.2 Å². The molecular weight excluding hydrogens is 536 g/mol. The summed E-state index contributed by atoms with van der Waals surface area (Å²) >= 11 is 0. The van der Waals surface area contributed by atoms with Crippen molar-refractivity contribution < 1.29 is 19.1 Å². The Hall–Kier alpha value is -3.74. The van der Waals surface area contributed by atoms with Crippen molar-refractivity contribution in [2.75, 3.05) is 11.5 Å². The van der Waals surface area contributed by atoms with Crippen LogP contribution in [0.15, 0.2) is 96.1 Å². The van der Waals surface area contributed by atoms with E-state index in [0.717, 1.165) is 28.0 Å². The van der Waals surface area contributed by atoms with Crippen LogP contribution < -0.4 is 4.90 Å². The topological polar surface area (TPSA) is 59.1 Å². The number of hydrogen-bond acceptors (Lipinski definition) is 4. The largest absolute Gasteiger partial charge is 0.329 e. The van der Waals surface area contributed by atoms with E-state index in [1.165, 1.54) is 0 Å². The third-order valence-corrected chi connectivity index (χ3v) is 8.78. The molecule has 3 aliphatic rings. The van der Waals surface area contributed by atoms with Crippen LogP contribution in [0.1, 0.15) is 71.1 Å². The van der Waals surface area contributed by atoms with Gasteiger partial charge in [0.1, 0.15) is 0 Å². The predicted octanol–water partition coefficient (Wildman–Crippen LogP) is 7.14. The third kappa shape index (κ3) is 4.81. The van der Waals surface area contributed by atoms with Gasteiger partial charge in [0, 0.05) is 41.7 Å². The first-order chi connectivity index (χ1) is 20.4. The molecule has 0 unspecified atom stereocenters. The zero-order valence-corrected chi connectivity index (χ0v) is 26.1. The van der Waals surface area contributed by atoms with Crippen LogP contribution in [0.25, 0.3) is 0 Å². The second-order valence-corrected chi connectivity index (χ2v) is 13.8. The van der Waals surface area contributed by atoms with Crippen LogP contribution in [-0.2, 0) is 37.6 Å². The number of carbonyl (C=O) groups excluding carboxylic acids is 2. The zero-order chi connectivity index (χ0) is 30.6. The number of amides is 2. The Morgan fingerprint density at radius 2 is 1.44 bits per heavy atom. The Balaban J connectivity index is 1.53. The maximum absolute atomic E-state index is 14.7. The van der Waals surface area contributed by atoms with Gasteiger partial charge < -0.3 is 14.4 Å². The third-order valence-electron chi connectivity index (χ3n) is 8.78. The molecule has 0 aliphatic carbocycles. The molecule has 1 fully saturated rings. The molecule has 6 nitrogen and oxygen atoms in total. The van der Waals surface area contributed by atoms with Gasteiger partial charge in [-0.25, -0.2) is 0 Å². The summed E-state index contributed by atoms with van der Waals surface area (Å²) < 4.78 is 13.8. The van der Waals surface area contributed by atoms with Crippen molar-refractivity contribution >= 4 is 17.5 Å². The number of anilines is 1. The van der Waals surface area contributed by atoms with Crippen LogP contribution in [0.5, 0.6) is 0 Å². The average molecular weight is 579 g/mol. The van der Waals surface area contributed by atoms with E-state index in [-0.39, 0.29) is 23.7 Å². The maximum atomic E-state index is 14.7. The van der Waals surface area contributed by atoms with Gasteiger partial charge >= 0.3 is 0 Å². The van der Waals surface area contributed by atoms with E-state index < -0.39 is 17.1 Å². The highest BCUT2D eigenvalue weighted by Gasteiger charge is 2.71. The minimum Gasteiger partial charge on any atom is -0.329 e. The van der Waals surface area contributed by atoms with Gasteiger partial charge in [0.25, 0.3) is 17.7 Å². The number of fused-ring (bicyclic) bond motifs is 3. The monoisotopic (exact) mass is 578 g/mol. The van der Waals surface area contributed by atoms with Gasteiger partial charge in [-0.2, -0.15) is 0 Å². The summed E-state index contributed by atoms with van der Waals surface area (Å²) in [7, 11) is 0. The van der Waals surface area contributed by atoms with Gasteiger partial charge in [-0.3, -0.25) is 14.5 Å². The van der Waals surface area contributed by atoms with Crippen LogP contribution in [0.4, 0.5) is 5.69 Å². The summed E-state index contributed by atoms with van der Waals surface area (Å²) in [6, 6.07) is 27.9. The Bertz CT molecular complexity index is 1570. The fourth-order valence-corrected chi connectivity index (χ4v) is 7.67. The highest BCUT2D eigenvalue weighted by molar-refractivity contribution is 6.08. The fourth-order valence-electron chi connectivity index (χ4n) is 7.67. The smallest absolute Gasteiger partial charge is 0.281 e. The molecule has 2 amide bonds. The summed E-state index contributed by atoms with van der Waals surface area (Å²) in [5.74, 6) is -1.70. The first kappa shape index (κ1) is 29.3. The number of nitrogens with zero attached hydrogens (tertiary/aromatic N) is 2. The summed E-state index contributed by atoms with van der Waals surface area (Å²) in [5.41, 5.74) is 3.12. The molecule has 3 heterocycles. The van der Waals surface area contributed by atoms with Crippen molar-refractivity contribution in [3.8, 4) is 0 Å². The lowest BCUT2D eigenvalue weighted by atomic mass is 9.80. The number of rotatable bonds is 8. The standard InChI is InChI=1S/C37H42N2O4/c1-7-42-37-30(28(22-26-16-10-8-11-17-26)32(40)39(37)35(5,6)25-34(2,3)4)23-36(43-37)29-20-14-15-21-31(29)38(33(36)41)24-27-18-12-9-13-19-27/h8-21H,7,22-25H2,1-6H3/t36-,37+/m0/s1. The van der Waals surface area contributed by atoms with E-state index in [2.05, 4.69) is 34.6 Å². The van der Waals surface area contributed by atoms with Gasteiger partial charge in [-0.1, -0.05) is 99.6 Å². The second-order valence-electron chi connectivity index (χ2n) is 13.8. The molecule has 0 aromatic heterocycles. The normalized spacial score (nSPS) is 23.5.